The molecule has 0 radical (unpaired) electrons. The Hall–Kier alpha value is -3.47. The first kappa shape index (κ1) is 17.6. The summed E-state index contributed by atoms with van der Waals surface area (Å²) in [5.41, 5.74) is 12.5. The zero-order valence-corrected chi connectivity index (χ0v) is 16.1. The van der Waals surface area contributed by atoms with Gasteiger partial charge in [-0.1, -0.05) is 30.3 Å². The summed E-state index contributed by atoms with van der Waals surface area (Å²) in [6.45, 7) is 0. The highest BCUT2D eigenvalue weighted by Gasteiger charge is 2.43. The number of phenols is 1. The molecule has 146 valence electrons. The number of benzene rings is 3. The van der Waals surface area contributed by atoms with E-state index in [4.69, 9.17) is 15.9 Å². The number of nitrogens with two attached hydrogens (primary N) is 1. The molecule has 1 aliphatic heterocycles. The predicted molar refractivity (Wildman–Crippen MR) is 114 cm³/mol. The molecule has 3 unspecified atom stereocenters. The second-order valence-corrected chi connectivity index (χ2v) is 7.81. The summed E-state index contributed by atoms with van der Waals surface area (Å²) >= 11 is 0. The molecule has 3 atom stereocenters. The zero-order valence-electron chi connectivity index (χ0n) is 16.1. The van der Waals surface area contributed by atoms with Crippen LogP contribution in [0.1, 0.15) is 39.8 Å². The fraction of sp³-hybridized carbons (Fsp3) is 0.208. The Kier molecular flexibility index (Phi) is 3.98. The van der Waals surface area contributed by atoms with Crippen LogP contribution in [0.3, 0.4) is 0 Å². The first-order chi connectivity index (χ1) is 14.1. The highest BCUT2D eigenvalue weighted by molar-refractivity contribution is 5.95. The lowest BCUT2D eigenvalue weighted by molar-refractivity contribution is 0.370. The first-order valence-corrected chi connectivity index (χ1v) is 9.76. The second-order valence-electron chi connectivity index (χ2n) is 7.81. The SMILES string of the molecule is COc1ccc(C2Nc3ccc(C(=N)N)cc3C3c4ccccc4CC23)cc1O. The lowest BCUT2D eigenvalue weighted by atomic mass is 9.75. The molecular formula is C24H23N3O2. The van der Waals surface area contributed by atoms with E-state index in [0.29, 0.717) is 11.7 Å². The van der Waals surface area contributed by atoms with Crippen molar-refractivity contribution in [1.29, 1.82) is 5.41 Å². The van der Waals surface area contributed by atoms with Crippen LogP contribution in [0.4, 0.5) is 5.69 Å². The van der Waals surface area contributed by atoms with Crippen molar-refractivity contribution in [3.05, 3.63) is 88.5 Å². The monoisotopic (exact) mass is 385 g/mol. The molecule has 3 aromatic rings. The van der Waals surface area contributed by atoms with Gasteiger partial charge in [-0.3, -0.25) is 5.41 Å². The second kappa shape index (κ2) is 6.55. The summed E-state index contributed by atoms with van der Waals surface area (Å²) < 4.78 is 5.21. The van der Waals surface area contributed by atoms with Gasteiger partial charge in [0.05, 0.1) is 13.2 Å². The van der Waals surface area contributed by atoms with Crippen molar-refractivity contribution in [3.63, 3.8) is 0 Å². The van der Waals surface area contributed by atoms with Crippen LogP contribution in [0.2, 0.25) is 0 Å². The molecule has 3 aromatic carbocycles. The average Bonchev–Trinajstić information content (AvgIpc) is 3.12. The number of rotatable bonds is 3. The van der Waals surface area contributed by atoms with Crippen LogP contribution in [-0.2, 0) is 6.42 Å². The van der Waals surface area contributed by atoms with Crippen molar-refractivity contribution in [2.45, 2.75) is 18.4 Å². The number of fused-ring (bicyclic) bond motifs is 5. The molecule has 5 N–H and O–H groups in total. The number of anilines is 1. The number of methoxy groups -OCH3 is 1. The number of aromatic hydroxyl groups is 1. The van der Waals surface area contributed by atoms with E-state index < -0.39 is 0 Å². The van der Waals surface area contributed by atoms with Gasteiger partial charge < -0.3 is 20.9 Å². The summed E-state index contributed by atoms with van der Waals surface area (Å²) in [4.78, 5) is 0. The number of amidine groups is 1. The molecule has 1 aliphatic carbocycles. The number of nitrogens with one attached hydrogen (secondary N) is 2. The normalized spacial score (nSPS) is 21.5. The van der Waals surface area contributed by atoms with Crippen LogP contribution in [-0.4, -0.2) is 18.1 Å². The zero-order chi connectivity index (χ0) is 20.1. The maximum atomic E-state index is 10.3. The smallest absolute Gasteiger partial charge is 0.160 e. The summed E-state index contributed by atoms with van der Waals surface area (Å²) in [7, 11) is 1.56. The first-order valence-electron chi connectivity index (χ1n) is 9.76. The molecule has 1 heterocycles. The number of hydrogen-bond donors (Lipinski definition) is 4. The maximum Gasteiger partial charge on any atom is 0.160 e. The van der Waals surface area contributed by atoms with Crippen LogP contribution >= 0.6 is 0 Å². The van der Waals surface area contributed by atoms with E-state index in [2.05, 4.69) is 29.6 Å². The molecule has 0 saturated heterocycles. The number of hydrogen-bond acceptors (Lipinski definition) is 4. The van der Waals surface area contributed by atoms with E-state index in [1.807, 2.05) is 30.3 Å². The van der Waals surface area contributed by atoms with Crippen molar-refractivity contribution in [2.75, 3.05) is 12.4 Å². The van der Waals surface area contributed by atoms with Crippen molar-refractivity contribution >= 4 is 11.5 Å². The van der Waals surface area contributed by atoms with Gasteiger partial charge in [0.25, 0.3) is 0 Å². The number of ether oxygens (including phenoxy) is 1. The van der Waals surface area contributed by atoms with Gasteiger partial charge in [0.1, 0.15) is 5.84 Å². The highest BCUT2D eigenvalue weighted by atomic mass is 16.5. The van der Waals surface area contributed by atoms with E-state index in [0.717, 1.165) is 23.2 Å². The van der Waals surface area contributed by atoms with Gasteiger partial charge in [-0.15, -0.1) is 0 Å². The minimum absolute atomic E-state index is 0.0554. The van der Waals surface area contributed by atoms with E-state index >= 15 is 0 Å². The fourth-order valence-corrected chi connectivity index (χ4v) is 4.96. The Bertz CT molecular complexity index is 1120. The molecular weight excluding hydrogens is 362 g/mol. The fourth-order valence-electron chi connectivity index (χ4n) is 4.96. The third kappa shape index (κ3) is 2.73. The Morgan fingerprint density at radius 1 is 1.10 bits per heavy atom. The van der Waals surface area contributed by atoms with E-state index in [-0.39, 0.29) is 23.5 Å². The summed E-state index contributed by atoms with van der Waals surface area (Å²) in [6, 6.07) is 20.2. The topological polar surface area (TPSA) is 91.4 Å². The Labute approximate surface area is 169 Å². The molecule has 0 saturated carbocycles. The van der Waals surface area contributed by atoms with Crippen LogP contribution < -0.4 is 15.8 Å². The number of phenolic OH excluding ortho intramolecular Hbond substituents is 1. The van der Waals surface area contributed by atoms with Crippen LogP contribution in [0.15, 0.2) is 60.7 Å². The molecule has 2 aliphatic rings. The van der Waals surface area contributed by atoms with Gasteiger partial charge in [0.15, 0.2) is 11.5 Å². The van der Waals surface area contributed by atoms with Crippen LogP contribution in [0.5, 0.6) is 11.5 Å². The van der Waals surface area contributed by atoms with Gasteiger partial charge in [-0.05, 0) is 64.9 Å². The van der Waals surface area contributed by atoms with Crippen molar-refractivity contribution in [2.24, 2.45) is 11.7 Å². The van der Waals surface area contributed by atoms with E-state index in [1.54, 1.807) is 13.2 Å². The number of nitrogen functional groups attached to an aromatic ring is 1. The van der Waals surface area contributed by atoms with Crippen LogP contribution in [0.25, 0.3) is 0 Å². The third-order valence-corrected chi connectivity index (χ3v) is 6.27. The Morgan fingerprint density at radius 2 is 1.93 bits per heavy atom. The molecule has 5 nitrogen and oxygen atoms in total. The predicted octanol–water partition coefficient (Wildman–Crippen LogP) is 4.16. The van der Waals surface area contributed by atoms with Crippen molar-refractivity contribution < 1.29 is 9.84 Å². The molecule has 0 spiro atoms. The molecule has 5 heteroatoms. The summed E-state index contributed by atoms with van der Waals surface area (Å²) in [6.07, 6.45) is 0.953. The quantitative estimate of drug-likeness (QED) is 0.402. The molecule has 0 fully saturated rings. The molecule has 0 bridgehead atoms. The van der Waals surface area contributed by atoms with Crippen LogP contribution in [0, 0.1) is 11.3 Å². The third-order valence-electron chi connectivity index (χ3n) is 6.27. The standard InChI is InChI=1S/C24H23N3O2/c1-29-21-9-7-14(12-20(21)28)23-18-10-13-4-2-3-5-16(13)22(18)17-11-15(24(25)26)6-8-19(17)27-23/h2-9,11-12,18,22-23,27-28H,10H2,1H3,(H3,25,26). The van der Waals surface area contributed by atoms with Gasteiger partial charge in [0.2, 0.25) is 0 Å². The van der Waals surface area contributed by atoms with E-state index in [9.17, 15) is 5.11 Å². The van der Waals surface area contributed by atoms with Gasteiger partial charge in [-0.2, -0.15) is 0 Å². The Balaban J connectivity index is 1.66. The van der Waals surface area contributed by atoms with Gasteiger partial charge in [-0.25, -0.2) is 0 Å². The Morgan fingerprint density at radius 3 is 2.69 bits per heavy atom. The lowest BCUT2D eigenvalue weighted by Gasteiger charge is -2.38. The molecule has 29 heavy (non-hydrogen) atoms. The largest absolute Gasteiger partial charge is 0.504 e. The highest BCUT2D eigenvalue weighted by Crippen LogP contribution is 2.54. The van der Waals surface area contributed by atoms with Gasteiger partial charge >= 0.3 is 0 Å². The molecule has 5 rings (SSSR count). The van der Waals surface area contributed by atoms with Crippen molar-refractivity contribution in [1.82, 2.24) is 0 Å². The lowest BCUT2D eigenvalue weighted by Crippen LogP contribution is -2.30. The average molecular weight is 385 g/mol. The minimum Gasteiger partial charge on any atom is -0.504 e. The van der Waals surface area contributed by atoms with Gasteiger partial charge in [0, 0.05) is 17.2 Å². The van der Waals surface area contributed by atoms with E-state index in [1.165, 1.54) is 16.7 Å². The summed E-state index contributed by atoms with van der Waals surface area (Å²) in [5.74, 6) is 1.22. The minimum atomic E-state index is 0.0554. The van der Waals surface area contributed by atoms with Crippen molar-refractivity contribution in [3.8, 4) is 11.5 Å². The maximum absolute atomic E-state index is 10.3. The molecule has 0 aromatic heterocycles. The molecule has 0 amide bonds. The summed E-state index contributed by atoms with van der Waals surface area (Å²) in [5, 5.41) is 21.9.